The van der Waals surface area contributed by atoms with E-state index in [1.54, 1.807) is 24.3 Å². The molecule has 0 radical (unpaired) electrons. The van der Waals surface area contributed by atoms with E-state index in [0.29, 0.717) is 30.0 Å². The Morgan fingerprint density at radius 3 is 2.53 bits per heavy atom. The van der Waals surface area contributed by atoms with Crippen LogP contribution in [0.4, 0.5) is 0 Å². The lowest BCUT2D eigenvalue weighted by molar-refractivity contribution is 0.0997. The van der Waals surface area contributed by atoms with Crippen LogP contribution < -0.4 is 10.2 Å². The Morgan fingerprint density at radius 1 is 0.912 bits per heavy atom. The summed E-state index contributed by atoms with van der Waals surface area (Å²) in [6.07, 6.45) is 5.92. The molecule has 0 unspecified atom stereocenters. The van der Waals surface area contributed by atoms with Crippen molar-refractivity contribution in [1.29, 1.82) is 0 Å². The molecule has 0 aliphatic carbocycles. The lowest BCUT2D eigenvalue weighted by Crippen LogP contribution is -2.22. The van der Waals surface area contributed by atoms with Gasteiger partial charge in [0.15, 0.2) is 0 Å². The number of fused-ring (bicyclic) bond motifs is 1. The van der Waals surface area contributed by atoms with Crippen molar-refractivity contribution in [2.75, 3.05) is 0 Å². The van der Waals surface area contributed by atoms with Gasteiger partial charge in [0.05, 0.1) is 5.69 Å². The van der Waals surface area contributed by atoms with Crippen LogP contribution in [0.15, 0.2) is 109 Å². The van der Waals surface area contributed by atoms with Crippen molar-refractivity contribution in [3.8, 4) is 5.75 Å². The Labute approximate surface area is 197 Å². The molecule has 0 aliphatic heterocycles. The van der Waals surface area contributed by atoms with Crippen LogP contribution in [0.25, 0.3) is 5.65 Å². The maximum absolute atomic E-state index is 12.8. The first-order chi connectivity index (χ1) is 16.6. The summed E-state index contributed by atoms with van der Waals surface area (Å²) >= 11 is 0. The summed E-state index contributed by atoms with van der Waals surface area (Å²) in [5, 5.41) is 0. The molecule has 3 aromatic heterocycles. The zero-order chi connectivity index (χ0) is 23.3. The van der Waals surface area contributed by atoms with Crippen molar-refractivity contribution >= 4 is 11.6 Å². The molecule has 1 amide bonds. The molecule has 0 saturated carbocycles. The number of rotatable bonds is 6. The number of nitrogens with zero attached hydrogens (tertiary/aromatic N) is 4. The maximum Gasteiger partial charge on any atom is 0.278 e. The van der Waals surface area contributed by atoms with Gasteiger partial charge in [-0.25, -0.2) is 4.98 Å². The van der Waals surface area contributed by atoms with Crippen molar-refractivity contribution in [1.82, 2.24) is 14.0 Å². The van der Waals surface area contributed by atoms with Crippen molar-refractivity contribution in [3.05, 3.63) is 131 Å². The fourth-order valence-electron chi connectivity index (χ4n) is 3.73. The average Bonchev–Trinajstić information content (AvgIpc) is 3.27. The van der Waals surface area contributed by atoms with Crippen LogP contribution in [0.5, 0.6) is 5.75 Å². The smallest absolute Gasteiger partial charge is 0.278 e. The van der Waals surface area contributed by atoms with E-state index >= 15 is 0 Å². The van der Waals surface area contributed by atoms with Crippen LogP contribution in [0.3, 0.4) is 0 Å². The zero-order valence-corrected chi connectivity index (χ0v) is 18.8. The number of amides is 1. The van der Waals surface area contributed by atoms with E-state index in [4.69, 9.17) is 4.74 Å². The standard InChI is InChI=1S/C28H24N4O2/c1-21-10-15-27-29-24(19-32(27)17-21)20-34-25-13-11-23(12-14-25)28(33)30-26-9-5-6-16-31(26)18-22-7-3-2-4-8-22/h2-17,19H,18,20H2,1H3. The Bertz CT molecular complexity index is 1500. The minimum atomic E-state index is -0.296. The normalized spacial score (nSPS) is 11.6. The molecule has 0 bridgehead atoms. The van der Waals surface area contributed by atoms with Gasteiger partial charge in [-0.1, -0.05) is 42.5 Å². The number of aromatic nitrogens is 3. The molecule has 0 fully saturated rings. The molecule has 34 heavy (non-hydrogen) atoms. The molecular formula is C28H24N4O2. The van der Waals surface area contributed by atoms with Gasteiger partial charge in [-0.15, -0.1) is 0 Å². The van der Waals surface area contributed by atoms with E-state index in [-0.39, 0.29) is 5.91 Å². The predicted molar refractivity (Wildman–Crippen MR) is 131 cm³/mol. The quantitative estimate of drug-likeness (QED) is 0.374. The number of carbonyl (C=O) groups excluding carboxylic acids is 1. The number of carbonyl (C=O) groups is 1. The Kier molecular flexibility index (Phi) is 6.03. The highest BCUT2D eigenvalue weighted by atomic mass is 16.5. The number of benzene rings is 2. The van der Waals surface area contributed by atoms with Crippen LogP contribution in [0.2, 0.25) is 0 Å². The third-order valence-corrected chi connectivity index (χ3v) is 5.47. The summed E-state index contributed by atoms with van der Waals surface area (Å²) < 4.78 is 9.82. The van der Waals surface area contributed by atoms with E-state index in [1.807, 2.05) is 83.0 Å². The number of aryl methyl sites for hydroxylation is 1. The summed E-state index contributed by atoms with van der Waals surface area (Å²) in [6, 6.07) is 26.8. The number of ether oxygens (including phenoxy) is 1. The highest BCUT2D eigenvalue weighted by Gasteiger charge is 2.07. The first-order valence-electron chi connectivity index (χ1n) is 11.1. The Hall–Kier alpha value is -4.45. The summed E-state index contributed by atoms with van der Waals surface area (Å²) in [6.45, 7) is 3.04. The molecule has 6 heteroatoms. The van der Waals surface area contributed by atoms with E-state index in [0.717, 1.165) is 16.9 Å². The second-order valence-electron chi connectivity index (χ2n) is 8.11. The predicted octanol–water partition coefficient (Wildman–Crippen LogP) is 4.81. The third-order valence-electron chi connectivity index (χ3n) is 5.47. The summed E-state index contributed by atoms with van der Waals surface area (Å²) in [7, 11) is 0. The molecule has 0 saturated heterocycles. The SMILES string of the molecule is Cc1ccc2nc(COc3ccc(C(=O)N=c4ccccn4Cc4ccccc4)cc3)cn2c1. The average molecular weight is 449 g/mol. The highest BCUT2D eigenvalue weighted by molar-refractivity contribution is 5.94. The molecule has 0 N–H and O–H groups in total. The lowest BCUT2D eigenvalue weighted by Gasteiger charge is -2.07. The van der Waals surface area contributed by atoms with Gasteiger partial charge < -0.3 is 13.7 Å². The Balaban J connectivity index is 1.28. The van der Waals surface area contributed by atoms with E-state index < -0.39 is 0 Å². The number of hydrogen-bond acceptors (Lipinski definition) is 3. The van der Waals surface area contributed by atoms with Crippen LogP contribution in [0.1, 0.15) is 27.2 Å². The third kappa shape index (κ3) is 4.96. The summed E-state index contributed by atoms with van der Waals surface area (Å²) in [5.41, 5.74) is 5.16. The number of imidazole rings is 1. The second-order valence-corrected chi connectivity index (χ2v) is 8.11. The molecule has 5 aromatic rings. The largest absolute Gasteiger partial charge is 0.487 e. The van der Waals surface area contributed by atoms with E-state index in [2.05, 4.69) is 22.1 Å². The van der Waals surface area contributed by atoms with Gasteiger partial charge in [0, 0.05) is 30.7 Å². The topological polar surface area (TPSA) is 60.9 Å². The molecule has 0 aliphatic rings. The van der Waals surface area contributed by atoms with Crippen LogP contribution >= 0.6 is 0 Å². The van der Waals surface area contributed by atoms with Gasteiger partial charge in [-0.3, -0.25) is 4.79 Å². The highest BCUT2D eigenvalue weighted by Crippen LogP contribution is 2.15. The molecular weight excluding hydrogens is 424 g/mol. The molecule has 6 nitrogen and oxygen atoms in total. The monoisotopic (exact) mass is 448 g/mol. The molecule has 0 atom stereocenters. The van der Waals surface area contributed by atoms with Gasteiger partial charge in [-0.05, 0) is 60.5 Å². The number of pyridine rings is 2. The first kappa shape index (κ1) is 21.4. The Morgan fingerprint density at radius 2 is 1.71 bits per heavy atom. The van der Waals surface area contributed by atoms with Crippen molar-refractivity contribution in [2.24, 2.45) is 4.99 Å². The molecule has 0 spiro atoms. The molecule has 3 heterocycles. The van der Waals surface area contributed by atoms with E-state index in [1.165, 1.54) is 5.56 Å². The van der Waals surface area contributed by atoms with Gasteiger partial charge in [0.1, 0.15) is 23.5 Å². The van der Waals surface area contributed by atoms with Gasteiger partial charge in [0.2, 0.25) is 0 Å². The maximum atomic E-state index is 12.8. The van der Waals surface area contributed by atoms with Gasteiger partial charge in [-0.2, -0.15) is 4.99 Å². The fourth-order valence-corrected chi connectivity index (χ4v) is 3.73. The zero-order valence-electron chi connectivity index (χ0n) is 18.8. The summed E-state index contributed by atoms with van der Waals surface area (Å²) in [5.74, 6) is 0.374. The minimum Gasteiger partial charge on any atom is -0.487 e. The molecule has 2 aromatic carbocycles. The lowest BCUT2D eigenvalue weighted by atomic mass is 10.2. The summed E-state index contributed by atoms with van der Waals surface area (Å²) in [4.78, 5) is 21.7. The van der Waals surface area contributed by atoms with Crippen molar-refractivity contribution in [2.45, 2.75) is 20.1 Å². The van der Waals surface area contributed by atoms with Crippen molar-refractivity contribution in [3.63, 3.8) is 0 Å². The molecule has 5 rings (SSSR count). The van der Waals surface area contributed by atoms with Crippen LogP contribution in [0, 0.1) is 6.92 Å². The fraction of sp³-hybridized carbons (Fsp3) is 0.107. The molecule has 168 valence electrons. The second kappa shape index (κ2) is 9.58. The van der Waals surface area contributed by atoms with Crippen LogP contribution in [-0.2, 0) is 13.2 Å². The first-order valence-corrected chi connectivity index (χ1v) is 11.1. The van der Waals surface area contributed by atoms with E-state index in [9.17, 15) is 4.79 Å². The van der Waals surface area contributed by atoms with Gasteiger partial charge in [0.25, 0.3) is 5.91 Å². The minimum absolute atomic E-state index is 0.296. The number of hydrogen-bond donors (Lipinski definition) is 0. The van der Waals surface area contributed by atoms with Gasteiger partial charge >= 0.3 is 0 Å². The van der Waals surface area contributed by atoms with Crippen LogP contribution in [-0.4, -0.2) is 19.9 Å². The van der Waals surface area contributed by atoms with Crippen molar-refractivity contribution < 1.29 is 9.53 Å².